The van der Waals surface area contributed by atoms with Gasteiger partial charge in [-0.3, -0.25) is 14.4 Å². The number of hydrogen-bond acceptors (Lipinski definition) is 4. The van der Waals surface area contributed by atoms with E-state index in [-0.39, 0.29) is 23.1 Å². The largest absolute Gasteiger partial charge is 0.352 e. The second-order valence-corrected chi connectivity index (χ2v) is 8.14. The maximum Gasteiger partial charge on any atom is 0.256 e. The van der Waals surface area contributed by atoms with E-state index < -0.39 is 17.2 Å². The molecule has 1 aliphatic carbocycles. The maximum absolute atomic E-state index is 12.8. The summed E-state index contributed by atoms with van der Waals surface area (Å²) in [7, 11) is 0. The van der Waals surface area contributed by atoms with Gasteiger partial charge in [-0.1, -0.05) is 26.7 Å². The van der Waals surface area contributed by atoms with Gasteiger partial charge in [-0.25, -0.2) is 0 Å². The summed E-state index contributed by atoms with van der Waals surface area (Å²) in [6.07, 6.45) is 9.45. The van der Waals surface area contributed by atoms with Gasteiger partial charge < -0.3 is 15.2 Å². The molecule has 1 aromatic heterocycles. The Morgan fingerprint density at radius 2 is 1.73 bits per heavy atom. The Morgan fingerprint density at radius 1 is 1.15 bits per heavy atom. The molecule has 26 heavy (non-hydrogen) atoms. The fourth-order valence-electron chi connectivity index (χ4n) is 3.09. The van der Waals surface area contributed by atoms with Crippen LogP contribution in [0, 0.1) is 5.92 Å². The van der Waals surface area contributed by atoms with Gasteiger partial charge in [0, 0.05) is 37.3 Å². The van der Waals surface area contributed by atoms with Crippen molar-refractivity contribution in [1.82, 2.24) is 15.2 Å². The molecule has 0 unspecified atom stereocenters. The summed E-state index contributed by atoms with van der Waals surface area (Å²) in [5.74, 6) is 0.245. The monoisotopic (exact) mass is 379 g/mol. The van der Waals surface area contributed by atoms with E-state index >= 15 is 0 Å². The molecule has 2 rings (SSSR count). The Morgan fingerprint density at radius 3 is 2.27 bits per heavy atom. The number of hydrogen-bond donors (Lipinski definition) is 2. The highest BCUT2D eigenvalue weighted by atomic mass is 32.2. The molecule has 1 aliphatic rings. The quantitative estimate of drug-likeness (QED) is 0.680. The number of thioether (sulfide) groups is 1. The molecular formula is C19H29N3O3S. The van der Waals surface area contributed by atoms with E-state index in [9.17, 15) is 14.4 Å². The highest BCUT2D eigenvalue weighted by Crippen LogP contribution is 2.29. The third-order valence-electron chi connectivity index (χ3n) is 4.54. The molecule has 0 atom stereocenters. The molecule has 0 spiro atoms. The van der Waals surface area contributed by atoms with E-state index in [2.05, 4.69) is 10.6 Å². The summed E-state index contributed by atoms with van der Waals surface area (Å²) in [4.78, 5) is 37.8. The number of carbonyl (C=O) groups is 2. The van der Waals surface area contributed by atoms with Crippen molar-refractivity contribution in [3.05, 3.63) is 33.7 Å². The van der Waals surface area contributed by atoms with Gasteiger partial charge in [-0.05, 0) is 25.0 Å². The predicted molar refractivity (Wildman–Crippen MR) is 106 cm³/mol. The van der Waals surface area contributed by atoms with Gasteiger partial charge >= 0.3 is 0 Å². The van der Waals surface area contributed by atoms with Crippen LogP contribution in [0.25, 0.3) is 0 Å². The third-order valence-corrected chi connectivity index (χ3v) is 5.16. The van der Waals surface area contributed by atoms with Crippen LogP contribution in [0.3, 0.4) is 0 Å². The zero-order valence-corrected chi connectivity index (χ0v) is 16.7. The van der Waals surface area contributed by atoms with Gasteiger partial charge in [0.1, 0.15) is 11.1 Å². The highest BCUT2D eigenvalue weighted by molar-refractivity contribution is 7.98. The molecule has 1 fully saturated rings. The number of nitrogens with one attached hydrogen (secondary N) is 2. The fraction of sp³-hybridized carbons (Fsp3) is 0.632. The summed E-state index contributed by atoms with van der Waals surface area (Å²) in [5, 5.41) is 5.56. The van der Waals surface area contributed by atoms with E-state index in [1.807, 2.05) is 24.7 Å². The van der Waals surface area contributed by atoms with Crippen molar-refractivity contribution in [2.24, 2.45) is 5.92 Å². The topological polar surface area (TPSA) is 80.2 Å². The molecule has 0 bridgehead atoms. The minimum absolute atomic E-state index is 0.0510. The molecule has 0 aliphatic heterocycles. The van der Waals surface area contributed by atoms with Crippen molar-refractivity contribution >= 4 is 23.6 Å². The van der Waals surface area contributed by atoms with Gasteiger partial charge in [0.25, 0.3) is 11.8 Å². The number of nitrogens with zero attached hydrogens (tertiary/aromatic N) is 1. The lowest BCUT2D eigenvalue weighted by atomic mass is 10.1. The maximum atomic E-state index is 12.8. The summed E-state index contributed by atoms with van der Waals surface area (Å²) in [6, 6.07) is 0.241. The Labute approximate surface area is 159 Å². The first-order valence-corrected chi connectivity index (χ1v) is 10.6. The van der Waals surface area contributed by atoms with Crippen LogP contribution in [0.4, 0.5) is 0 Å². The molecule has 1 saturated carbocycles. The normalized spacial score (nSPS) is 14.6. The van der Waals surface area contributed by atoms with Crippen LogP contribution in [-0.4, -0.2) is 41.5 Å². The van der Waals surface area contributed by atoms with Gasteiger partial charge in [0.2, 0.25) is 5.43 Å². The first-order valence-electron chi connectivity index (χ1n) is 9.25. The van der Waals surface area contributed by atoms with E-state index in [0.717, 1.165) is 31.4 Å². The molecular weight excluding hydrogens is 350 g/mol. The smallest absolute Gasteiger partial charge is 0.256 e. The van der Waals surface area contributed by atoms with Crippen molar-refractivity contribution in [2.45, 2.75) is 45.6 Å². The lowest BCUT2D eigenvalue weighted by Gasteiger charge is -2.18. The number of pyridine rings is 1. The third kappa shape index (κ3) is 5.37. The van der Waals surface area contributed by atoms with Crippen molar-refractivity contribution in [3.8, 4) is 0 Å². The molecule has 6 nitrogen and oxygen atoms in total. The second kappa shape index (κ2) is 9.80. The molecule has 2 amide bonds. The zero-order chi connectivity index (χ0) is 19.1. The fourth-order valence-corrected chi connectivity index (χ4v) is 3.39. The summed E-state index contributed by atoms with van der Waals surface area (Å²) < 4.78 is 1.89. The van der Waals surface area contributed by atoms with Crippen molar-refractivity contribution < 1.29 is 9.59 Å². The van der Waals surface area contributed by atoms with Gasteiger partial charge in [-0.2, -0.15) is 11.8 Å². The average molecular weight is 380 g/mol. The molecule has 2 N–H and O–H groups in total. The van der Waals surface area contributed by atoms with Crippen LogP contribution in [0.5, 0.6) is 0 Å². The minimum atomic E-state index is -0.498. The first kappa shape index (κ1) is 20.6. The molecule has 0 aromatic carbocycles. The number of rotatable bonds is 8. The first-order chi connectivity index (χ1) is 12.4. The molecule has 144 valence electrons. The van der Waals surface area contributed by atoms with Crippen molar-refractivity contribution in [1.29, 1.82) is 0 Å². The standard InChI is InChI=1S/C19H29N3O3S/c1-13(2)10-21-19(25)16-12-22(14-6-4-5-7-14)11-15(17(16)23)18(24)20-8-9-26-3/h11-14H,4-10H2,1-3H3,(H,20,24)(H,21,25). The summed E-state index contributed by atoms with van der Waals surface area (Å²) in [5.41, 5.74) is -0.396. The highest BCUT2D eigenvalue weighted by Gasteiger charge is 2.23. The number of amides is 2. The Hall–Kier alpha value is -1.76. The second-order valence-electron chi connectivity index (χ2n) is 7.15. The lowest BCUT2D eigenvalue weighted by Crippen LogP contribution is -2.37. The van der Waals surface area contributed by atoms with Crippen molar-refractivity contribution in [2.75, 3.05) is 25.1 Å². The predicted octanol–water partition coefficient (Wildman–Crippen LogP) is 2.44. The van der Waals surface area contributed by atoms with Gasteiger partial charge in [0.05, 0.1) is 0 Å². The summed E-state index contributed by atoms with van der Waals surface area (Å²) >= 11 is 1.62. The van der Waals surface area contributed by atoms with Crippen LogP contribution < -0.4 is 16.1 Å². The van der Waals surface area contributed by atoms with Gasteiger partial charge in [0.15, 0.2) is 0 Å². The summed E-state index contributed by atoms with van der Waals surface area (Å²) in [6.45, 7) is 4.97. The number of carbonyl (C=O) groups excluding carboxylic acids is 2. The Bertz CT molecular complexity index is 694. The van der Waals surface area contributed by atoms with E-state index in [1.54, 1.807) is 24.2 Å². The lowest BCUT2D eigenvalue weighted by molar-refractivity contribution is 0.0946. The van der Waals surface area contributed by atoms with E-state index in [1.165, 1.54) is 0 Å². The van der Waals surface area contributed by atoms with Crippen LogP contribution in [0.15, 0.2) is 17.2 Å². The van der Waals surface area contributed by atoms with Crippen LogP contribution in [0.1, 0.15) is 66.3 Å². The average Bonchev–Trinajstić information content (AvgIpc) is 3.14. The van der Waals surface area contributed by atoms with E-state index in [4.69, 9.17) is 0 Å². The molecule has 0 radical (unpaired) electrons. The van der Waals surface area contributed by atoms with Crippen LogP contribution in [0.2, 0.25) is 0 Å². The van der Waals surface area contributed by atoms with Crippen molar-refractivity contribution in [3.63, 3.8) is 0 Å². The van der Waals surface area contributed by atoms with Crippen LogP contribution in [-0.2, 0) is 0 Å². The SMILES string of the molecule is CSCCNC(=O)c1cn(C2CCCC2)cc(C(=O)NCC(C)C)c1=O. The van der Waals surface area contributed by atoms with Gasteiger partial charge in [-0.15, -0.1) is 0 Å². The Balaban J connectivity index is 2.34. The zero-order valence-electron chi connectivity index (χ0n) is 15.8. The molecule has 0 saturated heterocycles. The minimum Gasteiger partial charge on any atom is -0.352 e. The Kier molecular flexibility index (Phi) is 7.75. The molecule has 1 heterocycles. The van der Waals surface area contributed by atoms with E-state index in [0.29, 0.717) is 13.1 Å². The number of aromatic nitrogens is 1. The molecule has 1 aromatic rings. The molecule has 7 heteroatoms. The van der Waals surface area contributed by atoms with Crippen LogP contribution >= 0.6 is 11.8 Å².